The molecule has 10 nitrogen and oxygen atoms in total. The molecule has 1 fully saturated rings. The Labute approximate surface area is 243 Å². The number of phosphoric ester groups is 1. The quantitative estimate of drug-likeness (QED) is 0.0583. The molecule has 0 aromatic heterocycles. The maximum Gasteiger partial charge on any atom is 0.472 e. The van der Waals surface area contributed by atoms with Crippen LogP contribution in [0.4, 0.5) is 4.79 Å². The maximum atomic E-state index is 12.4. The number of unbranched alkanes of at least 4 members (excludes halogenated alkanes) is 15. The third-order valence-electron chi connectivity index (χ3n) is 7.32. The van der Waals surface area contributed by atoms with Gasteiger partial charge in [0.2, 0.25) is 6.23 Å². The zero-order chi connectivity index (χ0) is 29.7. The van der Waals surface area contributed by atoms with Crippen LogP contribution < -0.4 is 0 Å². The largest absolute Gasteiger partial charge is 0.472 e. The van der Waals surface area contributed by atoms with Crippen LogP contribution in [0.3, 0.4) is 0 Å². The van der Waals surface area contributed by atoms with Crippen molar-refractivity contribution in [2.24, 2.45) is 0 Å². The topological polar surface area (TPSA) is 115 Å². The van der Waals surface area contributed by atoms with Crippen molar-refractivity contribution in [3.63, 3.8) is 0 Å². The average Bonchev–Trinajstić information content (AvgIpc) is 2.92. The van der Waals surface area contributed by atoms with E-state index in [4.69, 9.17) is 18.5 Å². The van der Waals surface area contributed by atoms with Crippen molar-refractivity contribution in [3.8, 4) is 0 Å². The molecular formula is C29H60N2O8P+. The molecule has 0 aromatic carbocycles. The molecule has 1 rings (SSSR count). The Kier molecular flexibility index (Phi) is 20.4. The van der Waals surface area contributed by atoms with Crippen molar-refractivity contribution < 1.29 is 42.4 Å². The normalized spacial score (nSPS) is 18.4. The average molecular weight is 596 g/mol. The minimum atomic E-state index is -4.36. The van der Waals surface area contributed by atoms with Gasteiger partial charge in [-0.2, -0.15) is 0 Å². The smallest absolute Gasteiger partial charge is 0.449 e. The highest BCUT2D eigenvalue weighted by Gasteiger charge is 2.31. The molecule has 3 unspecified atom stereocenters. The molecule has 0 radical (unpaired) electrons. The van der Waals surface area contributed by atoms with Gasteiger partial charge in [0.15, 0.2) is 0 Å². The fourth-order valence-electron chi connectivity index (χ4n) is 4.49. The number of hydrogen-bond donors (Lipinski definition) is 2. The molecule has 1 aliphatic rings. The molecule has 0 spiro atoms. The van der Waals surface area contributed by atoms with E-state index in [1.807, 2.05) is 0 Å². The number of aliphatic hydroxyl groups is 1. The predicted octanol–water partition coefficient (Wildman–Crippen LogP) is 6.24. The van der Waals surface area contributed by atoms with Gasteiger partial charge >= 0.3 is 13.9 Å². The summed E-state index contributed by atoms with van der Waals surface area (Å²) in [7, 11) is 0.853. The second kappa shape index (κ2) is 21.9. The number of carbonyl (C=O) groups excluding carboxylic acids is 1. The first kappa shape index (κ1) is 37.3. The predicted molar refractivity (Wildman–Crippen MR) is 158 cm³/mol. The summed E-state index contributed by atoms with van der Waals surface area (Å²) in [6, 6.07) is 0. The Morgan fingerprint density at radius 3 is 1.90 bits per heavy atom. The Bertz CT molecular complexity index is 691. The van der Waals surface area contributed by atoms with Crippen molar-refractivity contribution in [3.05, 3.63) is 0 Å². The number of carbonyl (C=O) groups is 1. The van der Waals surface area contributed by atoms with E-state index < -0.39 is 26.2 Å². The van der Waals surface area contributed by atoms with E-state index >= 15 is 0 Å². The number of aliphatic hydroxyl groups excluding tert-OH is 1. The van der Waals surface area contributed by atoms with Crippen LogP contribution in [-0.4, -0.2) is 98.5 Å². The number of amides is 1. The zero-order valence-electron chi connectivity index (χ0n) is 25.9. The highest BCUT2D eigenvalue weighted by molar-refractivity contribution is 7.47. The van der Waals surface area contributed by atoms with Crippen molar-refractivity contribution >= 4 is 13.9 Å². The number of quaternary nitrogens is 1. The molecule has 40 heavy (non-hydrogen) atoms. The molecule has 1 heterocycles. The molecule has 3 atom stereocenters. The number of rotatable bonds is 24. The van der Waals surface area contributed by atoms with Gasteiger partial charge in [-0.15, -0.1) is 0 Å². The molecule has 1 aliphatic heterocycles. The van der Waals surface area contributed by atoms with Crippen LogP contribution in [0.5, 0.6) is 0 Å². The van der Waals surface area contributed by atoms with Gasteiger partial charge in [0.25, 0.3) is 0 Å². The van der Waals surface area contributed by atoms with E-state index in [-0.39, 0.29) is 24.2 Å². The fourth-order valence-corrected chi connectivity index (χ4v) is 5.24. The van der Waals surface area contributed by atoms with E-state index in [1.165, 1.54) is 94.8 Å². The van der Waals surface area contributed by atoms with Gasteiger partial charge in [-0.1, -0.05) is 103 Å². The van der Waals surface area contributed by atoms with Gasteiger partial charge < -0.3 is 28.9 Å². The zero-order valence-corrected chi connectivity index (χ0v) is 26.8. The number of likely N-dealkylation sites (N-methyl/N-ethyl adjacent to an activating group) is 1. The highest BCUT2D eigenvalue weighted by Crippen LogP contribution is 2.43. The first-order valence-electron chi connectivity index (χ1n) is 15.7. The van der Waals surface area contributed by atoms with Crippen LogP contribution in [0.1, 0.15) is 110 Å². The summed E-state index contributed by atoms with van der Waals surface area (Å²) >= 11 is 0. The standard InChI is InChI=1S/C29H59N2O8P/c1-5-6-7-8-9-10-11-12-13-14-15-16-17-18-19-20-22-37-29(33)30-21-23-36-27(24-30)25-38-40(34,35)39-26-28(32)31(2,3)4/h27-28,32H,5-26H2,1-4H3/p+1. The van der Waals surface area contributed by atoms with Gasteiger partial charge in [0.1, 0.15) is 6.61 Å². The third-order valence-corrected chi connectivity index (χ3v) is 8.28. The molecular weight excluding hydrogens is 535 g/mol. The van der Waals surface area contributed by atoms with E-state index in [2.05, 4.69) is 6.92 Å². The van der Waals surface area contributed by atoms with Gasteiger partial charge in [0.05, 0.1) is 53.6 Å². The second-order valence-electron chi connectivity index (χ2n) is 12.0. The summed E-state index contributed by atoms with van der Waals surface area (Å²) in [6.07, 6.45) is 18.8. The minimum absolute atomic E-state index is 0.155. The molecule has 11 heteroatoms. The SMILES string of the molecule is CCCCCCCCCCCCCCCCCCOC(=O)N1CCOC(COP(=O)(O)OCC(O)[N+](C)(C)C)C1. The van der Waals surface area contributed by atoms with E-state index in [0.717, 1.165) is 12.8 Å². The van der Waals surface area contributed by atoms with E-state index in [1.54, 1.807) is 21.1 Å². The lowest BCUT2D eigenvalue weighted by Crippen LogP contribution is -2.48. The van der Waals surface area contributed by atoms with Gasteiger partial charge in [-0.25, -0.2) is 9.36 Å². The first-order chi connectivity index (χ1) is 19.0. The molecule has 238 valence electrons. The molecule has 2 N–H and O–H groups in total. The monoisotopic (exact) mass is 595 g/mol. The van der Waals surface area contributed by atoms with Crippen molar-refractivity contribution in [2.45, 2.75) is 122 Å². The van der Waals surface area contributed by atoms with Gasteiger partial charge in [-0.3, -0.25) is 9.05 Å². The van der Waals surface area contributed by atoms with Crippen LogP contribution in [0.25, 0.3) is 0 Å². The number of ether oxygens (including phenoxy) is 2. The molecule has 1 amide bonds. The number of hydrogen-bond acceptors (Lipinski definition) is 7. The van der Waals surface area contributed by atoms with Crippen LogP contribution in [0, 0.1) is 0 Å². The molecule has 0 aromatic rings. The summed E-state index contributed by atoms with van der Waals surface area (Å²) < 4.78 is 33.2. The first-order valence-corrected chi connectivity index (χ1v) is 17.2. The number of morpholine rings is 1. The molecule has 0 bridgehead atoms. The van der Waals surface area contributed by atoms with E-state index in [0.29, 0.717) is 19.8 Å². The molecule has 0 saturated carbocycles. The lowest BCUT2D eigenvalue weighted by Gasteiger charge is -2.32. The van der Waals surface area contributed by atoms with Crippen LogP contribution in [0.2, 0.25) is 0 Å². The third kappa shape index (κ3) is 19.4. The summed E-state index contributed by atoms with van der Waals surface area (Å²) in [5.74, 6) is 0. The van der Waals surface area contributed by atoms with Crippen LogP contribution in [-0.2, 0) is 23.1 Å². The van der Waals surface area contributed by atoms with Crippen molar-refractivity contribution in [1.29, 1.82) is 0 Å². The van der Waals surface area contributed by atoms with Crippen LogP contribution >= 0.6 is 7.82 Å². The fraction of sp³-hybridized carbons (Fsp3) is 0.966. The number of nitrogens with zero attached hydrogens (tertiary/aromatic N) is 2. The Balaban J connectivity index is 2.02. The molecule has 1 saturated heterocycles. The summed E-state index contributed by atoms with van der Waals surface area (Å²) in [5.41, 5.74) is 0. The molecule has 0 aliphatic carbocycles. The highest BCUT2D eigenvalue weighted by atomic mass is 31.2. The van der Waals surface area contributed by atoms with E-state index in [9.17, 15) is 19.4 Å². The van der Waals surface area contributed by atoms with Gasteiger partial charge in [0, 0.05) is 6.54 Å². The lowest BCUT2D eigenvalue weighted by atomic mass is 10.0. The second-order valence-corrected chi connectivity index (χ2v) is 13.5. The summed E-state index contributed by atoms with van der Waals surface area (Å²) in [4.78, 5) is 23.8. The Morgan fingerprint density at radius 2 is 1.40 bits per heavy atom. The maximum absolute atomic E-state index is 12.4. The summed E-state index contributed by atoms with van der Waals surface area (Å²) in [5, 5.41) is 9.95. The lowest BCUT2D eigenvalue weighted by molar-refractivity contribution is -0.918. The summed E-state index contributed by atoms with van der Waals surface area (Å²) in [6.45, 7) is 3.00. The minimum Gasteiger partial charge on any atom is -0.449 e. The van der Waals surface area contributed by atoms with Crippen molar-refractivity contribution in [2.75, 3.05) is 60.7 Å². The van der Waals surface area contributed by atoms with Crippen LogP contribution in [0.15, 0.2) is 0 Å². The van der Waals surface area contributed by atoms with Crippen molar-refractivity contribution in [1.82, 2.24) is 4.90 Å². The Hall–Kier alpha value is -0.740. The Morgan fingerprint density at radius 1 is 0.900 bits per heavy atom. The van der Waals surface area contributed by atoms with Gasteiger partial charge in [-0.05, 0) is 6.42 Å². The number of phosphoric acid groups is 1.